The average Bonchev–Trinajstić information content (AvgIpc) is 3.05. The van der Waals surface area contributed by atoms with E-state index in [0.29, 0.717) is 18.7 Å². The number of hydrogen-bond acceptors (Lipinski definition) is 7. The molecule has 1 aromatic rings. The fourth-order valence-corrected chi connectivity index (χ4v) is 2.96. The monoisotopic (exact) mass is 385 g/mol. The number of amides is 2. The summed E-state index contributed by atoms with van der Waals surface area (Å²) in [6.07, 6.45) is 1.29. The van der Waals surface area contributed by atoms with Crippen LogP contribution in [0.5, 0.6) is 0 Å². The summed E-state index contributed by atoms with van der Waals surface area (Å²) in [6.45, 7) is 5.56. The van der Waals surface area contributed by atoms with Gasteiger partial charge in [-0.3, -0.25) is 14.6 Å². The molecule has 2 heterocycles. The van der Waals surface area contributed by atoms with Gasteiger partial charge in [-0.1, -0.05) is 30.7 Å². The molecule has 0 radical (unpaired) electrons. The van der Waals surface area contributed by atoms with E-state index in [4.69, 9.17) is 4.84 Å². The molecule has 9 heteroatoms. The lowest BCUT2D eigenvalue weighted by molar-refractivity contribution is -0.142. The highest BCUT2D eigenvalue weighted by atomic mass is 16.7. The molecule has 9 nitrogen and oxygen atoms in total. The van der Waals surface area contributed by atoms with Crippen molar-refractivity contribution in [1.29, 1.82) is 0 Å². The molecule has 1 N–H and O–H groups in total. The van der Waals surface area contributed by atoms with E-state index in [-0.39, 0.29) is 17.3 Å². The highest BCUT2D eigenvalue weighted by molar-refractivity contribution is 6.45. The molecule has 2 saturated heterocycles. The smallest absolute Gasteiger partial charge is 0.345 e. The number of benzene rings is 1. The van der Waals surface area contributed by atoms with Gasteiger partial charge in [-0.25, -0.2) is 9.79 Å². The molecule has 2 aliphatic heterocycles. The summed E-state index contributed by atoms with van der Waals surface area (Å²) in [5.41, 5.74) is 2.75. The minimum absolute atomic E-state index is 0.0960. The van der Waals surface area contributed by atoms with Crippen molar-refractivity contribution in [1.82, 2.24) is 20.4 Å². The first-order chi connectivity index (χ1) is 13.5. The van der Waals surface area contributed by atoms with Crippen molar-refractivity contribution in [3.05, 3.63) is 47.7 Å². The van der Waals surface area contributed by atoms with Gasteiger partial charge in [0.25, 0.3) is 11.8 Å². The number of hydrazine groups is 1. The van der Waals surface area contributed by atoms with Gasteiger partial charge in [0.2, 0.25) is 0 Å². The van der Waals surface area contributed by atoms with Crippen molar-refractivity contribution < 1.29 is 19.2 Å². The van der Waals surface area contributed by atoms with Crippen LogP contribution in [0.2, 0.25) is 0 Å². The molecule has 2 fully saturated rings. The van der Waals surface area contributed by atoms with E-state index < -0.39 is 11.9 Å². The summed E-state index contributed by atoms with van der Waals surface area (Å²) in [5, 5.41) is 1.33. The van der Waals surface area contributed by atoms with E-state index in [0.717, 1.165) is 19.6 Å². The summed E-state index contributed by atoms with van der Waals surface area (Å²) in [4.78, 5) is 50.1. The third-order valence-corrected chi connectivity index (χ3v) is 4.69. The van der Waals surface area contributed by atoms with Gasteiger partial charge >= 0.3 is 5.97 Å². The Bertz CT molecular complexity index is 813. The first kappa shape index (κ1) is 19.7. The van der Waals surface area contributed by atoms with Crippen LogP contribution in [0.3, 0.4) is 0 Å². The van der Waals surface area contributed by atoms with Gasteiger partial charge in [0.05, 0.1) is 0 Å². The fourth-order valence-electron chi connectivity index (χ4n) is 2.96. The van der Waals surface area contributed by atoms with Crippen molar-refractivity contribution in [3.8, 4) is 0 Å². The third-order valence-electron chi connectivity index (χ3n) is 4.69. The van der Waals surface area contributed by atoms with Crippen LogP contribution in [0.4, 0.5) is 0 Å². The van der Waals surface area contributed by atoms with Crippen LogP contribution in [0.25, 0.3) is 0 Å². The lowest BCUT2D eigenvalue weighted by atomic mass is 10.2. The van der Waals surface area contributed by atoms with Crippen LogP contribution in [0.15, 0.2) is 47.1 Å². The second-order valence-corrected chi connectivity index (χ2v) is 6.46. The first-order valence-electron chi connectivity index (χ1n) is 9.11. The van der Waals surface area contributed by atoms with Crippen molar-refractivity contribution in [2.75, 3.05) is 39.8 Å². The molecule has 0 unspecified atom stereocenters. The molecule has 28 heavy (non-hydrogen) atoms. The van der Waals surface area contributed by atoms with Gasteiger partial charge in [0, 0.05) is 44.9 Å². The van der Waals surface area contributed by atoms with Crippen molar-refractivity contribution in [2.45, 2.75) is 6.92 Å². The quantitative estimate of drug-likeness (QED) is 0.585. The number of nitrogens with zero attached hydrogens (tertiary/aromatic N) is 4. The molecule has 148 valence electrons. The maximum absolute atomic E-state index is 13.0. The SMILES string of the molecule is CCN1CCN(C(=O)C(/C=C2/C(=O)ONN2C)=NC(=O)c2ccccc2)CC1. The van der Waals surface area contributed by atoms with Gasteiger partial charge in [0.1, 0.15) is 11.4 Å². The minimum atomic E-state index is -0.647. The topological polar surface area (TPSA) is 94.6 Å². The van der Waals surface area contributed by atoms with Gasteiger partial charge in [0.15, 0.2) is 0 Å². The van der Waals surface area contributed by atoms with Crippen LogP contribution in [0.1, 0.15) is 17.3 Å². The summed E-state index contributed by atoms with van der Waals surface area (Å²) in [6, 6.07) is 8.48. The molecule has 0 aromatic heterocycles. The Hall–Kier alpha value is -3.04. The molecule has 3 rings (SSSR count). The van der Waals surface area contributed by atoms with E-state index in [1.807, 2.05) is 0 Å². The molecule has 1 aromatic carbocycles. The Morgan fingerprint density at radius 2 is 1.86 bits per heavy atom. The van der Waals surface area contributed by atoms with E-state index >= 15 is 0 Å². The van der Waals surface area contributed by atoms with Crippen LogP contribution in [0, 0.1) is 0 Å². The van der Waals surface area contributed by atoms with E-state index in [9.17, 15) is 14.4 Å². The van der Waals surface area contributed by atoms with Crippen LogP contribution in [-0.2, 0) is 14.4 Å². The van der Waals surface area contributed by atoms with Crippen LogP contribution in [-0.4, -0.2) is 78.1 Å². The Morgan fingerprint density at radius 1 is 1.18 bits per heavy atom. The number of nitrogens with one attached hydrogen (secondary N) is 1. The molecule has 0 saturated carbocycles. The summed E-state index contributed by atoms with van der Waals surface area (Å²) in [7, 11) is 1.57. The Labute approximate surface area is 163 Å². The lowest BCUT2D eigenvalue weighted by Gasteiger charge is -2.34. The van der Waals surface area contributed by atoms with Crippen LogP contribution >= 0.6 is 0 Å². The zero-order valence-electron chi connectivity index (χ0n) is 15.9. The predicted molar refractivity (Wildman–Crippen MR) is 102 cm³/mol. The molecule has 0 atom stereocenters. The molecule has 0 aliphatic carbocycles. The fraction of sp³-hybridized carbons (Fsp3) is 0.368. The second-order valence-electron chi connectivity index (χ2n) is 6.46. The molecular formula is C19H23N5O4. The number of likely N-dealkylation sites (N-methyl/N-ethyl adjacent to an activating group) is 2. The molecule has 0 spiro atoms. The second kappa shape index (κ2) is 8.77. The number of piperazine rings is 1. The minimum Gasteiger partial charge on any atom is -0.345 e. The third kappa shape index (κ3) is 4.44. The van der Waals surface area contributed by atoms with Crippen molar-refractivity contribution >= 4 is 23.5 Å². The van der Waals surface area contributed by atoms with E-state index in [1.54, 1.807) is 42.3 Å². The highest BCUT2D eigenvalue weighted by Gasteiger charge is 2.29. The largest absolute Gasteiger partial charge is 0.376 e. The predicted octanol–water partition coefficient (Wildman–Crippen LogP) is 0.224. The van der Waals surface area contributed by atoms with Gasteiger partial charge < -0.3 is 14.6 Å². The summed E-state index contributed by atoms with van der Waals surface area (Å²) < 4.78 is 0. The summed E-state index contributed by atoms with van der Waals surface area (Å²) >= 11 is 0. The van der Waals surface area contributed by atoms with Gasteiger partial charge in [-0.15, -0.1) is 0 Å². The lowest BCUT2D eigenvalue weighted by Crippen LogP contribution is -2.50. The number of rotatable bonds is 4. The number of carbonyl (C=O) groups is 3. The number of hydrogen-bond donors (Lipinski definition) is 1. The average molecular weight is 385 g/mol. The molecular weight excluding hydrogens is 362 g/mol. The maximum atomic E-state index is 13.0. The Kier molecular flexibility index (Phi) is 6.17. The molecule has 2 amide bonds. The van der Waals surface area contributed by atoms with Crippen LogP contribution < -0.4 is 5.59 Å². The molecule has 2 aliphatic rings. The number of aliphatic imine (C=N–C) groups is 1. The number of carbonyl (C=O) groups excluding carboxylic acids is 3. The standard InChI is InChI=1S/C19H23N5O4/c1-3-23-9-11-24(12-10-23)18(26)15(13-16-19(27)28-21-22(16)2)20-17(25)14-7-5-4-6-8-14/h4-8,13,21H,3,9-12H2,1-2H3/b16-13-,20-15?. The summed E-state index contributed by atoms with van der Waals surface area (Å²) in [5.74, 6) is -1.58. The first-order valence-corrected chi connectivity index (χ1v) is 9.11. The zero-order chi connectivity index (χ0) is 20.1. The zero-order valence-corrected chi connectivity index (χ0v) is 15.9. The maximum Gasteiger partial charge on any atom is 0.376 e. The Morgan fingerprint density at radius 3 is 2.43 bits per heavy atom. The normalized spacial score (nSPS) is 19.9. The highest BCUT2D eigenvalue weighted by Crippen LogP contribution is 2.12. The van der Waals surface area contributed by atoms with Crippen molar-refractivity contribution in [3.63, 3.8) is 0 Å². The van der Waals surface area contributed by atoms with Crippen molar-refractivity contribution in [2.24, 2.45) is 4.99 Å². The Balaban J connectivity index is 1.89. The van der Waals surface area contributed by atoms with E-state index in [1.165, 1.54) is 11.1 Å². The van der Waals surface area contributed by atoms with Gasteiger partial charge in [-0.05, 0) is 18.7 Å². The van der Waals surface area contributed by atoms with E-state index in [2.05, 4.69) is 22.4 Å². The van der Waals surface area contributed by atoms with Gasteiger partial charge in [-0.2, -0.15) is 0 Å². The molecule has 0 bridgehead atoms.